The van der Waals surface area contributed by atoms with Crippen molar-refractivity contribution in [1.29, 1.82) is 0 Å². The van der Waals surface area contributed by atoms with E-state index in [-0.39, 0.29) is 23.5 Å². The Kier molecular flexibility index (Phi) is 5.97. The Labute approximate surface area is 169 Å². The van der Waals surface area contributed by atoms with Gasteiger partial charge in [-0.25, -0.2) is 4.79 Å². The summed E-state index contributed by atoms with van der Waals surface area (Å²) in [6.45, 7) is 4.11. The first-order valence-corrected chi connectivity index (χ1v) is 10.2. The third kappa shape index (κ3) is 4.36. The van der Waals surface area contributed by atoms with Gasteiger partial charge in [0.2, 0.25) is 0 Å². The Morgan fingerprint density at radius 2 is 2.03 bits per heavy atom. The second kappa shape index (κ2) is 8.80. The van der Waals surface area contributed by atoms with E-state index in [9.17, 15) is 14.7 Å². The van der Waals surface area contributed by atoms with Crippen molar-refractivity contribution >= 4 is 22.7 Å². The number of fused-ring (bicyclic) bond motifs is 1. The Balaban J connectivity index is 1.33. The maximum atomic E-state index is 12.6. The molecule has 0 bridgehead atoms. The molecule has 2 aliphatic rings. The normalized spacial score (nSPS) is 20.4. The number of aliphatic hydroxyl groups is 1. The average molecular weight is 398 g/mol. The van der Waals surface area contributed by atoms with E-state index in [2.05, 4.69) is 9.88 Å². The predicted octanol–water partition coefficient (Wildman–Crippen LogP) is 2.52. The number of hydrogen-bond donors (Lipinski definition) is 2. The average Bonchev–Trinajstić information content (AvgIpc) is 3.27. The molecule has 1 fully saturated rings. The summed E-state index contributed by atoms with van der Waals surface area (Å²) in [5.74, 6) is -1.28. The smallest absolute Gasteiger partial charge is 0.346 e. The van der Waals surface area contributed by atoms with Gasteiger partial charge in [0.05, 0.1) is 13.2 Å². The molecule has 7 nitrogen and oxygen atoms in total. The lowest BCUT2D eigenvalue weighted by Gasteiger charge is -2.26. The molecule has 0 radical (unpaired) electrons. The van der Waals surface area contributed by atoms with E-state index in [0.29, 0.717) is 12.8 Å². The number of cyclic esters (lactones) is 1. The standard InChI is InChI=1S/C22H26N2O5/c25-18(8-7-15-14-23-17-5-2-1-4-16(15)17)20-21(26)19(29-22(20)27)6-3-9-24-10-12-28-13-11-24/h1-2,4-5,14,19,23,26H,3,6-13H2. The molecule has 7 heteroatoms. The molecular weight excluding hydrogens is 372 g/mol. The zero-order valence-corrected chi connectivity index (χ0v) is 16.4. The fraction of sp³-hybridized carbons (Fsp3) is 0.455. The first kappa shape index (κ1) is 19.7. The van der Waals surface area contributed by atoms with Crippen molar-refractivity contribution in [2.45, 2.75) is 31.8 Å². The highest BCUT2D eigenvalue weighted by molar-refractivity contribution is 6.19. The minimum absolute atomic E-state index is 0.150. The molecular formula is C22H26N2O5. The highest BCUT2D eigenvalue weighted by Crippen LogP contribution is 2.27. The van der Waals surface area contributed by atoms with Gasteiger partial charge in [-0.1, -0.05) is 18.2 Å². The second-order valence-corrected chi connectivity index (χ2v) is 7.53. The molecule has 2 aromatic rings. The summed E-state index contributed by atoms with van der Waals surface area (Å²) in [6.07, 6.45) is 3.10. The highest BCUT2D eigenvalue weighted by atomic mass is 16.6. The zero-order valence-electron chi connectivity index (χ0n) is 16.4. The summed E-state index contributed by atoms with van der Waals surface area (Å²) in [5.41, 5.74) is 1.85. The van der Waals surface area contributed by atoms with Crippen LogP contribution in [0, 0.1) is 0 Å². The maximum Gasteiger partial charge on any atom is 0.346 e. The number of morpholine rings is 1. The Morgan fingerprint density at radius 3 is 2.86 bits per heavy atom. The van der Waals surface area contributed by atoms with E-state index in [0.717, 1.165) is 55.7 Å². The molecule has 1 unspecified atom stereocenters. The van der Waals surface area contributed by atoms with Crippen molar-refractivity contribution in [1.82, 2.24) is 9.88 Å². The van der Waals surface area contributed by atoms with Crippen LogP contribution in [-0.2, 0) is 25.5 Å². The third-order valence-corrected chi connectivity index (χ3v) is 5.63. The zero-order chi connectivity index (χ0) is 20.2. The van der Waals surface area contributed by atoms with Crippen LogP contribution < -0.4 is 0 Å². The van der Waals surface area contributed by atoms with Crippen LogP contribution in [0.15, 0.2) is 41.8 Å². The van der Waals surface area contributed by atoms with Crippen LogP contribution in [0.3, 0.4) is 0 Å². The van der Waals surface area contributed by atoms with Crippen molar-refractivity contribution in [3.05, 3.63) is 47.4 Å². The quantitative estimate of drug-likeness (QED) is 0.524. The van der Waals surface area contributed by atoms with Crippen molar-refractivity contribution < 1.29 is 24.2 Å². The highest BCUT2D eigenvalue weighted by Gasteiger charge is 2.37. The van der Waals surface area contributed by atoms with Crippen LogP contribution in [0.1, 0.15) is 24.8 Å². The molecule has 2 aliphatic heterocycles. The number of benzene rings is 1. The number of hydrogen-bond acceptors (Lipinski definition) is 6. The van der Waals surface area contributed by atoms with Crippen molar-refractivity contribution in [2.24, 2.45) is 0 Å². The number of nitrogens with one attached hydrogen (secondary N) is 1. The molecule has 2 N–H and O–H groups in total. The largest absolute Gasteiger partial charge is 0.507 e. The number of aromatic amines is 1. The Morgan fingerprint density at radius 1 is 1.24 bits per heavy atom. The molecule has 0 spiro atoms. The molecule has 1 aromatic heterocycles. The van der Waals surface area contributed by atoms with Crippen molar-refractivity contribution in [3.63, 3.8) is 0 Å². The van der Waals surface area contributed by atoms with Gasteiger partial charge in [0, 0.05) is 36.6 Å². The summed E-state index contributed by atoms with van der Waals surface area (Å²) < 4.78 is 10.6. The van der Waals surface area contributed by atoms with Gasteiger partial charge in [0.15, 0.2) is 17.6 Å². The predicted molar refractivity (Wildman–Crippen MR) is 108 cm³/mol. The van der Waals surface area contributed by atoms with Gasteiger partial charge in [0.1, 0.15) is 5.57 Å². The first-order chi connectivity index (χ1) is 14.1. The number of carbonyl (C=O) groups excluding carboxylic acids is 2. The molecule has 1 aromatic carbocycles. The van der Waals surface area contributed by atoms with Gasteiger partial charge in [-0.2, -0.15) is 0 Å². The maximum absolute atomic E-state index is 12.6. The minimum atomic E-state index is -0.712. The number of carbonyl (C=O) groups is 2. The fourth-order valence-electron chi connectivity index (χ4n) is 4.00. The number of nitrogens with zero attached hydrogens (tertiary/aromatic N) is 1. The summed E-state index contributed by atoms with van der Waals surface area (Å²) in [5, 5.41) is 11.5. The van der Waals surface area contributed by atoms with Crippen LogP contribution in [0.4, 0.5) is 0 Å². The lowest BCUT2D eigenvalue weighted by Crippen LogP contribution is -2.37. The van der Waals surface area contributed by atoms with Gasteiger partial charge in [-0.15, -0.1) is 0 Å². The number of ether oxygens (including phenoxy) is 2. The molecule has 0 amide bonds. The van der Waals surface area contributed by atoms with Gasteiger partial charge >= 0.3 is 5.97 Å². The molecule has 0 saturated carbocycles. The summed E-state index contributed by atoms with van der Waals surface area (Å²) >= 11 is 0. The monoisotopic (exact) mass is 398 g/mol. The molecule has 1 saturated heterocycles. The summed E-state index contributed by atoms with van der Waals surface area (Å²) in [4.78, 5) is 30.3. The van der Waals surface area contributed by atoms with E-state index < -0.39 is 12.1 Å². The van der Waals surface area contributed by atoms with E-state index in [1.807, 2.05) is 30.5 Å². The number of Topliss-reactive ketones (excluding diaryl/α,β-unsaturated/α-hetero) is 1. The molecule has 4 rings (SSSR count). The van der Waals surface area contributed by atoms with Crippen LogP contribution in [0.25, 0.3) is 10.9 Å². The van der Waals surface area contributed by atoms with Gasteiger partial charge in [-0.05, 0) is 37.4 Å². The van der Waals surface area contributed by atoms with Crippen LogP contribution in [0.5, 0.6) is 0 Å². The van der Waals surface area contributed by atoms with Gasteiger partial charge in [-0.3, -0.25) is 9.69 Å². The lowest BCUT2D eigenvalue weighted by atomic mass is 10.0. The van der Waals surface area contributed by atoms with E-state index in [1.165, 1.54) is 0 Å². The summed E-state index contributed by atoms with van der Waals surface area (Å²) in [6, 6.07) is 7.87. The third-order valence-electron chi connectivity index (χ3n) is 5.63. The number of aliphatic hydroxyl groups excluding tert-OH is 1. The number of aryl methyl sites for hydroxylation is 1. The van der Waals surface area contributed by atoms with Crippen LogP contribution in [0.2, 0.25) is 0 Å². The number of ketones is 1. The van der Waals surface area contributed by atoms with E-state index >= 15 is 0 Å². The number of rotatable bonds is 8. The Bertz CT molecular complexity index is 926. The molecule has 154 valence electrons. The molecule has 0 aliphatic carbocycles. The first-order valence-electron chi connectivity index (χ1n) is 10.2. The van der Waals surface area contributed by atoms with Crippen LogP contribution >= 0.6 is 0 Å². The van der Waals surface area contributed by atoms with Gasteiger partial charge in [0.25, 0.3) is 0 Å². The minimum Gasteiger partial charge on any atom is -0.507 e. The topological polar surface area (TPSA) is 91.9 Å². The fourth-order valence-corrected chi connectivity index (χ4v) is 4.00. The van der Waals surface area contributed by atoms with E-state index in [1.54, 1.807) is 0 Å². The number of esters is 1. The number of H-pyrrole nitrogens is 1. The molecule has 29 heavy (non-hydrogen) atoms. The van der Waals surface area contributed by atoms with E-state index in [4.69, 9.17) is 9.47 Å². The molecule has 3 heterocycles. The number of para-hydroxylation sites is 1. The second-order valence-electron chi connectivity index (χ2n) is 7.53. The van der Waals surface area contributed by atoms with Crippen molar-refractivity contribution in [2.75, 3.05) is 32.8 Å². The van der Waals surface area contributed by atoms with Crippen LogP contribution in [-0.4, -0.2) is 65.7 Å². The Hall–Kier alpha value is -2.64. The lowest BCUT2D eigenvalue weighted by molar-refractivity contribution is -0.141. The molecule has 1 atom stereocenters. The SMILES string of the molecule is O=C(CCc1c[nH]c2ccccc12)C1=C(O)C(CCCN2CCOCC2)OC1=O. The van der Waals surface area contributed by atoms with Gasteiger partial charge < -0.3 is 19.6 Å². The summed E-state index contributed by atoms with van der Waals surface area (Å²) in [7, 11) is 0. The van der Waals surface area contributed by atoms with Crippen molar-refractivity contribution in [3.8, 4) is 0 Å². The number of aromatic nitrogens is 1.